The van der Waals surface area contributed by atoms with Gasteiger partial charge in [-0.15, -0.1) is 24.0 Å². The zero-order chi connectivity index (χ0) is 17.1. The van der Waals surface area contributed by atoms with Gasteiger partial charge in [0.15, 0.2) is 5.96 Å². The minimum atomic E-state index is 0. The predicted molar refractivity (Wildman–Crippen MR) is 115 cm³/mol. The van der Waals surface area contributed by atoms with Crippen molar-refractivity contribution in [2.45, 2.75) is 65.5 Å². The van der Waals surface area contributed by atoms with E-state index in [1.807, 2.05) is 7.05 Å². The van der Waals surface area contributed by atoms with Gasteiger partial charge in [-0.1, -0.05) is 26.7 Å². The molecule has 1 saturated heterocycles. The van der Waals surface area contributed by atoms with Gasteiger partial charge in [0.25, 0.3) is 0 Å². The number of ether oxygens (including phenoxy) is 1. The third-order valence-corrected chi connectivity index (χ3v) is 4.72. The third kappa shape index (κ3) is 10.0. The Kier molecular flexibility index (Phi) is 14.1. The first-order chi connectivity index (χ1) is 11.1. The van der Waals surface area contributed by atoms with Crippen molar-refractivity contribution in [3.8, 4) is 0 Å². The van der Waals surface area contributed by atoms with Crippen molar-refractivity contribution >= 4 is 29.9 Å². The Hall–Kier alpha value is -0.0800. The molecule has 0 aromatic heterocycles. The molecule has 0 amide bonds. The summed E-state index contributed by atoms with van der Waals surface area (Å²) in [5.41, 5.74) is 0. The van der Waals surface area contributed by atoms with Gasteiger partial charge in [-0.05, 0) is 32.6 Å². The maximum atomic E-state index is 5.64. The Labute approximate surface area is 166 Å². The monoisotopic (exact) mass is 454 g/mol. The summed E-state index contributed by atoms with van der Waals surface area (Å²) in [7, 11) is 1.86. The van der Waals surface area contributed by atoms with Gasteiger partial charge in [0.2, 0.25) is 0 Å². The molecule has 0 unspecified atom stereocenters. The molecule has 2 N–H and O–H groups in total. The highest BCUT2D eigenvalue weighted by molar-refractivity contribution is 14.0. The molecule has 0 aliphatic carbocycles. The number of piperidine rings is 1. The van der Waals surface area contributed by atoms with Crippen molar-refractivity contribution in [3.63, 3.8) is 0 Å². The minimum absolute atomic E-state index is 0. The number of rotatable bonds is 9. The molecule has 0 atom stereocenters. The second-order valence-electron chi connectivity index (χ2n) is 6.82. The van der Waals surface area contributed by atoms with Crippen LogP contribution in [0.15, 0.2) is 4.99 Å². The van der Waals surface area contributed by atoms with Gasteiger partial charge in [-0.2, -0.15) is 0 Å². The summed E-state index contributed by atoms with van der Waals surface area (Å²) in [4.78, 5) is 6.87. The van der Waals surface area contributed by atoms with E-state index in [0.29, 0.717) is 12.1 Å². The van der Waals surface area contributed by atoms with E-state index >= 15 is 0 Å². The van der Waals surface area contributed by atoms with Crippen LogP contribution in [0.3, 0.4) is 0 Å². The van der Waals surface area contributed by atoms with E-state index in [1.54, 1.807) is 0 Å². The molecule has 1 heterocycles. The van der Waals surface area contributed by atoms with E-state index < -0.39 is 0 Å². The topological polar surface area (TPSA) is 48.9 Å². The van der Waals surface area contributed by atoms with E-state index in [-0.39, 0.29) is 24.0 Å². The first kappa shape index (κ1) is 23.9. The fourth-order valence-electron chi connectivity index (χ4n) is 2.92. The van der Waals surface area contributed by atoms with Gasteiger partial charge >= 0.3 is 0 Å². The van der Waals surface area contributed by atoms with Crippen LogP contribution in [-0.4, -0.2) is 62.8 Å². The minimum Gasteiger partial charge on any atom is -0.377 e. The van der Waals surface area contributed by atoms with Crippen LogP contribution in [0.2, 0.25) is 0 Å². The molecular formula is C18H39IN4O. The molecule has 144 valence electrons. The van der Waals surface area contributed by atoms with Crippen molar-refractivity contribution in [2.75, 3.05) is 39.8 Å². The lowest BCUT2D eigenvalue weighted by Crippen LogP contribution is -2.49. The maximum Gasteiger partial charge on any atom is 0.191 e. The van der Waals surface area contributed by atoms with Crippen LogP contribution in [0, 0.1) is 5.92 Å². The van der Waals surface area contributed by atoms with Crippen LogP contribution in [-0.2, 0) is 4.74 Å². The summed E-state index contributed by atoms with van der Waals surface area (Å²) < 4.78 is 5.64. The quantitative estimate of drug-likeness (QED) is 0.320. The van der Waals surface area contributed by atoms with Crippen LogP contribution in [0.5, 0.6) is 0 Å². The normalized spacial score (nSPS) is 17.2. The highest BCUT2D eigenvalue weighted by atomic mass is 127. The van der Waals surface area contributed by atoms with E-state index in [0.717, 1.165) is 44.7 Å². The highest BCUT2D eigenvalue weighted by Crippen LogP contribution is 2.10. The second kappa shape index (κ2) is 14.1. The van der Waals surface area contributed by atoms with Crippen molar-refractivity contribution in [1.82, 2.24) is 15.5 Å². The molecule has 1 aliphatic heterocycles. The van der Waals surface area contributed by atoms with Crippen molar-refractivity contribution < 1.29 is 4.74 Å². The van der Waals surface area contributed by atoms with Crippen LogP contribution in [0.25, 0.3) is 0 Å². The summed E-state index contributed by atoms with van der Waals surface area (Å²) in [5, 5.41) is 7.07. The smallest absolute Gasteiger partial charge is 0.191 e. The molecule has 1 rings (SSSR count). The number of guanidine groups is 1. The molecule has 5 nitrogen and oxygen atoms in total. The Morgan fingerprint density at radius 3 is 2.33 bits per heavy atom. The predicted octanol–water partition coefficient (Wildman–Crippen LogP) is 3.10. The van der Waals surface area contributed by atoms with E-state index in [2.05, 4.69) is 48.2 Å². The summed E-state index contributed by atoms with van der Waals surface area (Å²) in [6.45, 7) is 13.9. The molecule has 0 saturated carbocycles. The van der Waals surface area contributed by atoms with E-state index in [1.165, 1.54) is 25.7 Å². The van der Waals surface area contributed by atoms with Gasteiger partial charge in [0.05, 0.1) is 12.7 Å². The number of likely N-dealkylation sites (tertiary alicyclic amines) is 1. The zero-order valence-electron chi connectivity index (χ0n) is 16.3. The maximum absolute atomic E-state index is 5.64. The summed E-state index contributed by atoms with van der Waals surface area (Å²) in [5.74, 6) is 1.69. The van der Waals surface area contributed by atoms with Gasteiger partial charge in [0.1, 0.15) is 0 Å². The number of halogens is 1. The molecule has 0 aromatic rings. The fourth-order valence-corrected chi connectivity index (χ4v) is 2.92. The Balaban J connectivity index is 0.00000529. The first-order valence-corrected chi connectivity index (χ1v) is 9.40. The molecule has 1 aliphatic rings. The third-order valence-electron chi connectivity index (χ3n) is 4.72. The average Bonchev–Trinajstić information content (AvgIpc) is 2.55. The number of hydrogen-bond acceptors (Lipinski definition) is 3. The Morgan fingerprint density at radius 1 is 1.21 bits per heavy atom. The highest BCUT2D eigenvalue weighted by Gasteiger charge is 2.20. The van der Waals surface area contributed by atoms with E-state index in [4.69, 9.17) is 4.74 Å². The number of nitrogens with zero attached hydrogens (tertiary/aromatic N) is 2. The van der Waals surface area contributed by atoms with E-state index in [9.17, 15) is 0 Å². The van der Waals surface area contributed by atoms with Crippen molar-refractivity contribution in [1.29, 1.82) is 0 Å². The molecule has 0 aromatic carbocycles. The Morgan fingerprint density at radius 2 is 1.83 bits per heavy atom. The number of aliphatic imine (C=N–C) groups is 1. The number of hydrogen-bond donors (Lipinski definition) is 2. The second-order valence-corrected chi connectivity index (χ2v) is 6.82. The summed E-state index contributed by atoms with van der Waals surface area (Å²) in [6.07, 6.45) is 5.12. The van der Waals surface area contributed by atoms with Crippen LogP contribution < -0.4 is 10.6 Å². The van der Waals surface area contributed by atoms with Crippen molar-refractivity contribution in [3.05, 3.63) is 0 Å². The largest absolute Gasteiger partial charge is 0.377 e. The van der Waals surface area contributed by atoms with Crippen LogP contribution in [0.4, 0.5) is 0 Å². The molecule has 0 bridgehead atoms. The van der Waals surface area contributed by atoms with Gasteiger partial charge in [-0.25, -0.2) is 0 Å². The lowest BCUT2D eigenvalue weighted by atomic mass is 10.0. The Bertz CT molecular complexity index is 327. The molecule has 0 radical (unpaired) electrons. The van der Waals surface area contributed by atoms with Crippen LogP contribution >= 0.6 is 24.0 Å². The van der Waals surface area contributed by atoms with Crippen molar-refractivity contribution in [2.24, 2.45) is 10.9 Å². The first-order valence-electron chi connectivity index (χ1n) is 9.40. The molecule has 0 spiro atoms. The fraction of sp³-hybridized carbons (Fsp3) is 0.944. The lowest BCUT2D eigenvalue weighted by molar-refractivity contribution is 0.0532. The lowest BCUT2D eigenvalue weighted by Gasteiger charge is -2.33. The van der Waals surface area contributed by atoms with Crippen LogP contribution in [0.1, 0.15) is 53.4 Å². The summed E-state index contributed by atoms with van der Waals surface area (Å²) in [6, 6.07) is 0.533. The molecule has 6 heteroatoms. The SMILES string of the molecule is CCC(CC)CNC(=NC)NC1CCN(CCOC(C)C)CC1.I. The zero-order valence-corrected chi connectivity index (χ0v) is 18.6. The molecular weight excluding hydrogens is 415 g/mol. The van der Waals surface area contributed by atoms with Gasteiger partial charge in [-0.3, -0.25) is 4.99 Å². The molecule has 24 heavy (non-hydrogen) atoms. The number of nitrogens with one attached hydrogen (secondary N) is 2. The average molecular weight is 454 g/mol. The molecule has 1 fully saturated rings. The van der Waals surface area contributed by atoms with Gasteiger partial charge < -0.3 is 20.3 Å². The van der Waals surface area contributed by atoms with Gasteiger partial charge in [0, 0.05) is 39.3 Å². The summed E-state index contributed by atoms with van der Waals surface area (Å²) >= 11 is 0. The standard InChI is InChI=1S/C18H38N4O.HI/c1-6-16(7-2)14-20-18(19-5)21-17-8-10-22(11-9-17)12-13-23-15(3)4;/h15-17H,6-14H2,1-5H3,(H2,19,20,21);1H.